The van der Waals surface area contributed by atoms with Gasteiger partial charge in [0.25, 0.3) is 0 Å². The Hall–Kier alpha value is -3.41. The second kappa shape index (κ2) is 10.5. The normalized spacial score (nSPS) is 10.9. The number of carbonyl (C=O) groups excluding carboxylic acids is 3. The molecular weight excluding hydrogens is 342 g/mol. The van der Waals surface area contributed by atoms with Gasteiger partial charge in [-0.05, 0) is 5.56 Å². The SMILES string of the molecule is C#CCN(C(=O)CC[N+](=O)[O-])C(C(=O)NCC(=O)OC)c1ccccc1. The van der Waals surface area contributed by atoms with Crippen LogP contribution in [0.25, 0.3) is 0 Å². The monoisotopic (exact) mass is 361 g/mol. The number of nitrogens with one attached hydrogen (secondary N) is 1. The Balaban J connectivity index is 3.12. The Morgan fingerprint density at radius 2 is 2.00 bits per heavy atom. The maximum atomic E-state index is 12.6. The Labute approximate surface area is 150 Å². The van der Waals surface area contributed by atoms with Crippen molar-refractivity contribution < 1.29 is 24.0 Å². The number of benzene rings is 1. The van der Waals surface area contributed by atoms with Gasteiger partial charge in [-0.15, -0.1) is 6.42 Å². The summed E-state index contributed by atoms with van der Waals surface area (Å²) in [7, 11) is 1.18. The number of amides is 2. The van der Waals surface area contributed by atoms with Crippen LogP contribution in [0.5, 0.6) is 0 Å². The number of terminal acetylenes is 1. The number of rotatable bonds is 9. The van der Waals surface area contributed by atoms with Crippen molar-refractivity contribution in [3.63, 3.8) is 0 Å². The quantitative estimate of drug-likeness (QED) is 0.289. The standard InChI is InChI=1S/C17H19N3O6/c1-3-10-19(14(21)9-11-20(24)25)16(13-7-5-4-6-8-13)17(23)18-12-15(22)26-2/h1,4-8,16H,9-12H2,2H3,(H,18,23). The maximum Gasteiger partial charge on any atom is 0.325 e. The van der Waals surface area contributed by atoms with Crippen molar-refractivity contribution in [2.45, 2.75) is 12.5 Å². The zero-order valence-corrected chi connectivity index (χ0v) is 14.2. The molecule has 0 aliphatic rings. The van der Waals surface area contributed by atoms with Crippen LogP contribution in [-0.4, -0.2) is 54.4 Å². The van der Waals surface area contributed by atoms with Crippen LogP contribution in [0.2, 0.25) is 0 Å². The highest BCUT2D eigenvalue weighted by atomic mass is 16.6. The number of hydrogen-bond acceptors (Lipinski definition) is 6. The van der Waals surface area contributed by atoms with Crippen molar-refractivity contribution in [1.82, 2.24) is 10.2 Å². The van der Waals surface area contributed by atoms with Gasteiger partial charge in [0.15, 0.2) is 0 Å². The highest BCUT2D eigenvalue weighted by Crippen LogP contribution is 2.22. The summed E-state index contributed by atoms with van der Waals surface area (Å²) in [5, 5.41) is 12.9. The molecule has 9 heteroatoms. The highest BCUT2D eigenvalue weighted by molar-refractivity contribution is 5.90. The van der Waals surface area contributed by atoms with Crippen LogP contribution in [0.3, 0.4) is 0 Å². The molecule has 26 heavy (non-hydrogen) atoms. The fourth-order valence-corrected chi connectivity index (χ4v) is 2.19. The van der Waals surface area contributed by atoms with Crippen molar-refractivity contribution in [3.05, 3.63) is 46.0 Å². The molecule has 9 nitrogen and oxygen atoms in total. The lowest BCUT2D eigenvalue weighted by atomic mass is 10.0. The molecule has 1 aromatic carbocycles. The molecule has 2 amide bonds. The minimum absolute atomic E-state index is 0.220. The van der Waals surface area contributed by atoms with Crippen LogP contribution < -0.4 is 5.32 Å². The van der Waals surface area contributed by atoms with Crippen LogP contribution in [0.4, 0.5) is 0 Å². The van der Waals surface area contributed by atoms with Gasteiger partial charge >= 0.3 is 5.97 Å². The molecule has 1 rings (SSSR count). The molecular formula is C17H19N3O6. The predicted octanol–water partition coefficient (Wildman–Crippen LogP) is 0.146. The summed E-state index contributed by atoms with van der Waals surface area (Å²) in [5.41, 5.74) is 0.458. The Kier molecular flexibility index (Phi) is 8.30. The van der Waals surface area contributed by atoms with Gasteiger partial charge in [0.2, 0.25) is 18.4 Å². The van der Waals surface area contributed by atoms with Crippen LogP contribution in [0, 0.1) is 22.5 Å². The molecule has 0 fully saturated rings. The molecule has 1 atom stereocenters. The first-order valence-electron chi connectivity index (χ1n) is 7.65. The van der Waals surface area contributed by atoms with Crippen LogP contribution >= 0.6 is 0 Å². The van der Waals surface area contributed by atoms with Gasteiger partial charge in [0.05, 0.1) is 20.1 Å². The van der Waals surface area contributed by atoms with E-state index >= 15 is 0 Å². The zero-order valence-electron chi connectivity index (χ0n) is 14.2. The van der Waals surface area contributed by atoms with Gasteiger partial charge in [-0.3, -0.25) is 24.5 Å². The molecule has 138 valence electrons. The highest BCUT2D eigenvalue weighted by Gasteiger charge is 2.31. The lowest BCUT2D eigenvalue weighted by molar-refractivity contribution is -0.478. The van der Waals surface area contributed by atoms with E-state index in [4.69, 9.17) is 6.42 Å². The van der Waals surface area contributed by atoms with Crippen molar-refractivity contribution in [2.24, 2.45) is 0 Å². The fourth-order valence-electron chi connectivity index (χ4n) is 2.19. The average Bonchev–Trinajstić information content (AvgIpc) is 2.64. The van der Waals surface area contributed by atoms with Crippen LogP contribution in [-0.2, 0) is 19.1 Å². The van der Waals surface area contributed by atoms with Crippen LogP contribution in [0.1, 0.15) is 18.0 Å². The number of nitro groups is 1. The number of ether oxygens (including phenoxy) is 1. The third kappa shape index (κ3) is 6.24. The Morgan fingerprint density at radius 1 is 1.35 bits per heavy atom. The molecule has 0 bridgehead atoms. The van der Waals surface area contributed by atoms with Crippen molar-refractivity contribution in [2.75, 3.05) is 26.7 Å². The smallest absolute Gasteiger partial charge is 0.325 e. The molecule has 0 saturated heterocycles. The van der Waals surface area contributed by atoms with Gasteiger partial charge in [0, 0.05) is 4.92 Å². The average molecular weight is 361 g/mol. The summed E-state index contributed by atoms with van der Waals surface area (Å²) in [6.45, 7) is -1.18. The van der Waals surface area contributed by atoms with Crippen LogP contribution in [0.15, 0.2) is 30.3 Å². The third-order valence-corrected chi connectivity index (χ3v) is 3.40. The summed E-state index contributed by atoms with van der Waals surface area (Å²) >= 11 is 0. The van der Waals surface area contributed by atoms with E-state index in [1.165, 1.54) is 7.11 Å². The van der Waals surface area contributed by atoms with E-state index in [2.05, 4.69) is 16.0 Å². The number of nitrogens with zero attached hydrogens (tertiary/aromatic N) is 2. The lowest BCUT2D eigenvalue weighted by Crippen LogP contribution is -2.45. The number of esters is 1. The van der Waals surface area contributed by atoms with E-state index in [9.17, 15) is 24.5 Å². The fraction of sp³-hybridized carbons (Fsp3) is 0.353. The minimum atomic E-state index is -1.13. The molecule has 1 unspecified atom stereocenters. The van der Waals surface area contributed by atoms with E-state index in [0.717, 1.165) is 4.90 Å². The van der Waals surface area contributed by atoms with Gasteiger partial charge < -0.3 is 15.0 Å². The van der Waals surface area contributed by atoms with E-state index in [1.807, 2.05) is 0 Å². The summed E-state index contributed by atoms with van der Waals surface area (Å²) in [4.78, 5) is 47.3. The van der Waals surface area contributed by atoms with Crippen molar-refractivity contribution in [1.29, 1.82) is 0 Å². The first kappa shape index (κ1) is 20.6. The zero-order chi connectivity index (χ0) is 19.5. The first-order chi connectivity index (χ1) is 12.4. The van der Waals surface area contributed by atoms with Gasteiger partial charge in [-0.25, -0.2) is 0 Å². The first-order valence-corrected chi connectivity index (χ1v) is 7.65. The third-order valence-electron chi connectivity index (χ3n) is 3.40. The molecule has 0 spiro atoms. The van der Waals surface area contributed by atoms with E-state index in [1.54, 1.807) is 30.3 Å². The maximum absolute atomic E-state index is 12.6. The molecule has 0 saturated carbocycles. The Morgan fingerprint density at radius 3 is 2.54 bits per heavy atom. The summed E-state index contributed by atoms with van der Waals surface area (Å²) in [6, 6.07) is 7.18. The molecule has 0 heterocycles. The van der Waals surface area contributed by atoms with Crippen molar-refractivity contribution in [3.8, 4) is 12.3 Å². The predicted molar refractivity (Wildman–Crippen MR) is 91.2 cm³/mol. The lowest BCUT2D eigenvalue weighted by Gasteiger charge is -2.29. The summed E-state index contributed by atoms with van der Waals surface area (Å²) in [6.07, 6.45) is 4.90. The topological polar surface area (TPSA) is 119 Å². The summed E-state index contributed by atoms with van der Waals surface area (Å²) < 4.78 is 4.46. The van der Waals surface area contributed by atoms with E-state index in [0.29, 0.717) is 5.56 Å². The Bertz CT molecular complexity index is 698. The largest absolute Gasteiger partial charge is 0.468 e. The molecule has 1 N–H and O–H groups in total. The number of carbonyl (C=O) groups is 3. The molecule has 1 aromatic rings. The number of methoxy groups -OCH3 is 1. The van der Waals surface area contributed by atoms with Crippen molar-refractivity contribution >= 4 is 17.8 Å². The van der Waals surface area contributed by atoms with Gasteiger partial charge in [0.1, 0.15) is 12.6 Å². The number of hydrogen-bond donors (Lipinski definition) is 1. The second-order valence-corrected chi connectivity index (χ2v) is 5.14. The molecule has 0 radical (unpaired) electrons. The molecule has 0 aromatic heterocycles. The molecule has 0 aliphatic carbocycles. The van der Waals surface area contributed by atoms with Gasteiger partial charge in [-0.2, -0.15) is 0 Å². The summed E-state index contributed by atoms with van der Waals surface area (Å²) in [5.74, 6) is 0.338. The van der Waals surface area contributed by atoms with E-state index in [-0.39, 0.29) is 13.1 Å². The van der Waals surface area contributed by atoms with Gasteiger partial charge in [-0.1, -0.05) is 36.3 Å². The second-order valence-electron chi connectivity index (χ2n) is 5.14. The molecule has 0 aliphatic heterocycles. The minimum Gasteiger partial charge on any atom is -0.468 e. The van der Waals surface area contributed by atoms with E-state index < -0.39 is 41.7 Å².